The van der Waals surface area contributed by atoms with Crippen LogP contribution in [0.15, 0.2) is 0 Å². The SMILES string of the molecule is CCCC1CN(CCSC)C(C(C)CC)CN1. The zero-order valence-corrected chi connectivity index (χ0v) is 12.9. The van der Waals surface area contributed by atoms with Gasteiger partial charge in [-0.15, -0.1) is 0 Å². The predicted molar refractivity (Wildman–Crippen MR) is 79.9 cm³/mol. The van der Waals surface area contributed by atoms with Gasteiger partial charge < -0.3 is 5.32 Å². The number of nitrogens with zero attached hydrogens (tertiary/aromatic N) is 1. The van der Waals surface area contributed by atoms with Crippen molar-refractivity contribution in [1.82, 2.24) is 10.2 Å². The summed E-state index contributed by atoms with van der Waals surface area (Å²) in [6, 6.07) is 1.47. The molecule has 0 saturated carbocycles. The number of hydrogen-bond donors (Lipinski definition) is 1. The highest BCUT2D eigenvalue weighted by molar-refractivity contribution is 7.98. The molecular formula is C14H30N2S. The van der Waals surface area contributed by atoms with E-state index in [4.69, 9.17) is 0 Å². The molecule has 0 aromatic heterocycles. The molecule has 1 fully saturated rings. The van der Waals surface area contributed by atoms with Gasteiger partial charge in [-0.3, -0.25) is 4.90 Å². The maximum absolute atomic E-state index is 3.74. The Labute approximate surface area is 112 Å². The van der Waals surface area contributed by atoms with Crippen molar-refractivity contribution in [2.45, 2.75) is 52.1 Å². The zero-order chi connectivity index (χ0) is 12.7. The van der Waals surface area contributed by atoms with Gasteiger partial charge in [0.05, 0.1) is 0 Å². The van der Waals surface area contributed by atoms with Crippen LogP contribution >= 0.6 is 11.8 Å². The molecule has 1 aliphatic rings. The standard InChI is InChI=1S/C14H30N2S/c1-5-7-13-11-16(8-9-17-4)14(10-15-13)12(3)6-2/h12-15H,5-11H2,1-4H3. The average molecular weight is 258 g/mol. The molecule has 0 aliphatic carbocycles. The second kappa shape index (κ2) is 8.39. The highest BCUT2D eigenvalue weighted by atomic mass is 32.2. The molecule has 1 heterocycles. The molecule has 0 spiro atoms. The smallest absolute Gasteiger partial charge is 0.0247 e. The molecule has 0 amide bonds. The highest BCUT2D eigenvalue weighted by Crippen LogP contribution is 2.19. The molecule has 3 atom stereocenters. The summed E-state index contributed by atoms with van der Waals surface area (Å²) in [6.45, 7) is 10.7. The Bertz CT molecular complexity index is 199. The van der Waals surface area contributed by atoms with Crippen molar-refractivity contribution in [1.29, 1.82) is 0 Å². The van der Waals surface area contributed by atoms with Crippen molar-refractivity contribution in [2.24, 2.45) is 5.92 Å². The maximum Gasteiger partial charge on any atom is 0.0247 e. The molecule has 0 aromatic rings. The molecule has 0 bridgehead atoms. The van der Waals surface area contributed by atoms with E-state index in [1.54, 1.807) is 0 Å². The zero-order valence-electron chi connectivity index (χ0n) is 12.0. The molecule has 2 nitrogen and oxygen atoms in total. The minimum atomic E-state index is 0.724. The molecule has 1 N–H and O–H groups in total. The van der Waals surface area contributed by atoms with Crippen molar-refractivity contribution in [3.63, 3.8) is 0 Å². The second-order valence-electron chi connectivity index (χ2n) is 5.33. The molecular weight excluding hydrogens is 228 g/mol. The summed E-state index contributed by atoms with van der Waals surface area (Å²) in [4.78, 5) is 2.74. The number of nitrogens with one attached hydrogen (secondary N) is 1. The summed E-state index contributed by atoms with van der Waals surface area (Å²) in [5.74, 6) is 2.08. The first kappa shape index (κ1) is 15.3. The first-order valence-corrected chi connectivity index (χ1v) is 8.58. The third-order valence-corrected chi connectivity index (χ3v) is 4.65. The van der Waals surface area contributed by atoms with E-state index >= 15 is 0 Å². The first-order valence-electron chi connectivity index (χ1n) is 7.19. The van der Waals surface area contributed by atoms with Crippen molar-refractivity contribution in [3.05, 3.63) is 0 Å². The normalized spacial score (nSPS) is 28.2. The van der Waals surface area contributed by atoms with E-state index in [1.165, 1.54) is 44.6 Å². The highest BCUT2D eigenvalue weighted by Gasteiger charge is 2.29. The van der Waals surface area contributed by atoms with Crippen LogP contribution in [-0.4, -0.2) is 48.6 Å². The van der Waals surface area contributed by atoms with Gasteiger partial charge in [0.2, 0.25) is 0 Å². The number of thioether (sulfide) groups is 1. The predicted octanol–water partition coefficient (Wildman–Crippen LogP) is 2.84. The fraction of sp³-hybridized carbons (Fsp3) is 1.00. The molecule has 3 unspecified atom stereocenters. The lowest BCUT2D eigenvalue weighted by Gasteiger charge is -2.43. The third-order valence-electron chi connectivity index (χ3n) is 4.06. The van der Waals surface area contributed by atoms with Gasteiger partial charge in [-0.05, 0) is 18.6 Å². The van der Waals surface area contributed by atoms with Gasteiger partial charge in [-0.2, -0.15) is 11.8 Å². The quantitative estimate of drug-likeness (QED) is 0.756. The molecule has 1 rings (SSSR count). The fourth-order valence-corrected chi connectivity index (χ4v) is 3.16. The molecule has 0 aromatic carbocycles. The molecule has 0 radical (unpaired) electrons. The van der Waals surface area contributed by atoms with Crippen LogP contribution in [0.5, 0.6) is 0 Å². The van der Waals surface area contributed by atoms with E-state index in [9.17, 15) is 0 Å². The van der Waals surface area contributed by atoms with Crippen LogP contribution in [0.4, 0.5) is 0 Å². The van der Waals surface area contributed by atoms with Gasteiger partial charge in [0.15, 0.2) is 0 Å². The molecule has 17 heavy (non-hydrogen) atoms. The van der Waals surface area contributed by atoms with Crippen LogP contribution in [0.1, 0.15) is 40.0 Å². The minimum Gasteiger partial charge on any atom is -0.311 e. The van der Waals surface area contributed by atoms with Gasteiger partial charge >= 0.3 is 0 Å². The van der Waals surface area contributed by atoms with Crippen LogP contribution in [0.3, 0.4) is 0 Å². The Hall–Kier alpha value is 0.270. The van der Waals surface area contributed by atoms with Crippen LogP contribution in [0.2, 0.25) is 0 Å². The van der Waals surface area contributed by atoms with Crippen molar-refractivity contribution < 1.29 is 0 Å². The van der Waals surface area contributed by atoms with E-state index in [-0.39, 0.29) is 0 Å². The molecule has 1 saturated heterocycles. The van der Waals surface area contributed by atoms with Crippen molar-refractivity contribution in [3.8, 4) is 0 Å². The summed E-state index contributed by atoms with van der Waals surface area (Å²) >= 11 is 1.97. The molecule has 1 aliphatic heterocycles. The lowest BCUT2D eigenvalue weighted by Crippen LogP contribution is -2.58. The third kappa shape index (κ3) is 4.80. The largest absolute Gasteiger partial charge is 0.311 e. The van der Waals surface area contributed by atoms with Crippen molar-refractivity contribution in [2.75, 3.05) is 31.6 Å². The first-order chi connectivity index (χ1) is 8.22. The number of hydrogen-bond acceptors (Lipinski definition) is 3. The Morgan fingerprint density at radius 3 is 2.76 bits per heavy atom. The van der Waals surface area contributed by atoms with Crippen LogP contribution in [-0.2, 0) is 0 Å². The minimum absolute atomic E-state index is 0.724. The maximum atomic E-state index is 3.74. The Balaban J connectivity index is 2.52. The van der Waals surface area contributed by atoms with Gasteiger partial charge in [-0.25, -0.2) is 0 Å². The summed E-state index contributed by atoms with van der Waals surface area (Å²) < 4.78 is 0. The summed E-state index contributed by atoms with van der Waals surface area (Å²) in [7, 11) is 0. The summed E-state index contributed by atoms with van der Waals surface area (Å²) in [5, 5.41) is 3.74. The molecule has 102 valence electrons. The Morgan fingerprint density at radius 2 is 2.18 bits per heavy atom. The van der Waals surface area contributed by atoms with Gasteiger partial charge in [0.25, 0.3) is 0 Å². The fourth-order valence-electron chi connectivity index (χ4n) is 2.74. The lowest BCUT2D eigenvalue weighted by atomic mass is 9.94. The van der Waals surface area contributed by atoms with E-state index in [2.05, 4.69) is 37.2 Å². The topological polar surface area (TPSA) is 15.3 Å². The monoisotopic (exact) mass is 258 g/mol. The lowest BCUT2D eigenvalue weighted by molar-refractivity contribution is 0.0956. The van der Waals surface area contributed by atoms with E-state index in [0.717, 1.165) is 18.0 Å². The number of rotatable bonds is 7. The Kier molecular flexibility index (Phi) is 7.56. The number of piperazine rings is 1. The summed E-state index contributed by atoms with van der Waals surface area (Å²) in [6.07, 6.45) is 6.12. The van der Waals surface area contributed by atoms with Crippen LogP contribution in [0, 0.1) is 5.92 Å². The van der Waals surface area contributed by atoms with Crippen molar-refractivity contribution >= 4 is 11.8 Å². The average Bonchev–Trinajstić information content (AvgIpc) is 2.36. The van der Waals surface area contributed by atoms with Gasteiger partial charge in [0, 0.05) is 37.5 Å². The van der Waals surface area contributed by atoms with E-state index in [1.807, 2.05) is 11.8 Å². The Morgan fingerprint density at radius 1 is 1.41 bits per heavy atom. The van der Waals surface area contributed by atoms with E-state index in [0.29, 0.717) is 0 Å². The van der Waals surface area contributed by atoms with E-state index < -0.39 is 0 Å². The molecule has 3 heteroatoms. The summed E-state index contributed by atoms with van der Waals surface area (Å²) in [5.41, 5.74) is 0. The van der Waals surface area contributed by atoms with Crippen LogP contribution < -0.4 is 5.32 Å². The van der Waals surface area contributed by atoms with Gasteiger partial charge in [0.1, 0.15) is 0 Å². The van der Waals surface area contributed by atoms with Gasteiger partial charge in [-0.1, -0.05) is 33.6 Å². The van der Waals surface area contributed by atoms with Crippen LogP contribution in [0.25, 0.3) is 0 Å². The second-order valence-corrected chi connectivity index (χ2v) is 6.32.